The first-order chi connectivity index (χ1) is 18.9. The standard InChI is InChI=1S/C30H21ClN4O4/c1-18-12-25(27(38-2)15-24(18)31)33-29(36)20(16-32)13-21-17-35(22-9-4-3-5-10-22)34-28(21)23-14-19-8-6-7-11-26(19)39-30(23)37/h3-15,17H,1-2H3,(H,33,36)/b20-13+. The first-order valence-corrected chi connectivity index (χ1v) is 12.2. The number of hydrogen-bond acceptors (Lipinski definition) is 6. The lowest BCUT2D eigenvalue weighted by Crippen LogP contribution is -2.14. The third kappa shape index (κ3) is 5.17. The third-order valence-electron chi connectivity index (χ3n) is 6.05. The van der Waals surface area contributed by atoms with Crippen molar-refractivity contribution in [2.24, 2.45) is 0 Å². The van der Waals surface area contributed by atoms with E-state index in [0.717, 1.165) is 11.3 Å². The van der Waals surface area contributed by atoms with E-state index in [4.69, 9.17) is 20.8 Å². The van der Waals surface area contributed by atoms with Gasteiger partial charge in [0.05, 0.1) is 24.0 Å². The maximum atomic E-state index is 13.2. The first-order valence-electron chi connectivity index (χ1n) is 11.8. The first kappa shape index (κ1) is 25.5. The van der Waals surface area contributed by atoms with Crippen LogP contribution in [-0.4, -0.2) is 22.8 Å². The minimum absolute atomic E-state index is 0.197. The normalized spacial score (nSPS) is 11.3. The summed E-state index contributed by atoms with van der Waals surface area (Å²) in [6.07, 6.45) is 3.04. The van der Waals surface area contributed by atoms with Gasteiger partial charge in [0, 0.05) is 28.2 Å². The molecule has 1 N–H and O–H groups in total. The van der Waals surface area contributed by atoms with Crippen LogP contribution in [0.25, 0.3) is 34.0 Å². The van der Waals surface area contributed by atoms with Gasteiger partial charge in [0.25, 0.3) is 5.91 Å². The summed E-state index contributed by atoms with van der Waals surface area (Å²) < 4.78 is 12.4. The summed E-state index contributed by atoms with van der Waals surface area (Å²) in [5.74, 6) is -0.316. The fourth-order valence-corrected chi connectivity index (χ4v) is 4.22. The summed E-state index contributed by atoms with van der Waals surface area (Å²) in [6.45, 7) is 1.79. The number of methoxy groups -OCH3 is 1. The van der Waals surface area contributed by atoms with Crippen LogP contribution < -0.4 is 15.7 Å². The highest BCUT2D eigenvalue weighted by molar-refractivity contribution is 6.31. The molecular formula is C30H21ClN4O4. The largest absolute Gasteiger partial charge is 0.495 e. The number of benzene rings is 3. The van der Waals surface area contributed by atoms with Gasteiger partial charge in [-0.25, -0.2) is 9.48 Å². The molecule has 2 heterocycles. The van der Waals surface area contributed by atoms with Crippen molar-refractivity contribution in [3.05, 3.63) is 111 Å². The van der Waals surface area contributed by atoms with Gasteiger partial charge < -0.3 is 14.5 Å². The van der Waals surface area contributed by atoms with Crippen LogP contribution in [0.15, 0.2) is 93.8 Å². The SMILES string of the molecule is COc1cc(Cl)c(C)cc1NC(=O)/C(C#N)=C/c1cn(-c2ccccc2)nc1-c1cc2ccccc2oc1=O. The summed E-state index contributed by atoms with van der Waals surface area (Å²) >= 11 is 6.18. The molecular weight excluding hydrogens is 516 g/mol. The number of halogens is 1. The molecule has 5 aromatic rings. The van der Waals surface area contributed by atoms with Crippen LogP contribution in [0.5, 0.6) is 5.75 Å². The van der Waals surface area contributed by atoms with Crippen LogP contribution in [0.1, 0.15) is 11.1 Å². The average Bonchev–Trinajstić information content (AvgIpc) is 3.37. The number of amides is 1. The van der Waals surface area contributed by atoms with Crippen molar-refractivity contribution in [2.45, 2.75) is 6.92 Å². The lowest BCUT2D eigenvalue weighted by Gasteiger charge is -2.12. The summed E-state index contributed by atoms with van der Waals surface area (Å²) in [5, 5.41) is 18.4. The molecule has 0 saturated carbocycles. The number of rotatable bonds is 6. The lowest BCUT2D eigenvalue weighted by molar-refractivity contribution is -0.112. The Balaban J connectivity index is 1.62. The van der Waals surface area contributed by atoms with Gasteiger partial charge in [-0.2, -0.15) is 10.4 Å². The number of para-hydroxylation sites is 2. The lowest BCUT2D eigenvalue weighted by atomic mass is 10.1. The second-order valence-corrected chi connectivity index (χ2v) is 9.03. The van der Waals surface area contributed by atoms with Crippen LogP contribution in [0, 0.1) is 18.3 Å². The Kier molecular flexibility index (Phi) is 7.00. The molecule has 0 fully saturated rings. The van der Waals surface area contributed by atoms with Crippen molar-refractivity contribution in [1.29, 1.82) is 5.26 Å². The zero-order valence-corrected chi connectivity index (χ0v) is 21.7. The molecule has 0 aliphatic rings. The molecule has 0 spiro atoms. The fraction of sp³-hybridized carbons (Fsp3) is 0.0667. The Morgan fingerprint density at radius 1 is 1.13 bits per heavy atom. The quantitative estimate of drug-likeness (QED) is 0.158. The number of nitrogens with one attached hydrogen (secondary N) is 1. The molecule has 5 rings (SSSR count). The number of ether oxygens (including phenoxy) is 1. The van der Waals surface area contributed by atoms with Crippen LogP contribution >= 0.6 is 11.6 Å². The topological polar surface area (TPSA) is 110 Å². The number of carbonyl (C=O) groups excluding carboxylic acids is 1. The minimum Gasteiger partial charge on any atom is -0.495 e. The van der Waals surface area contributed by atoms with Crippen molar-refractivity contribution in [3.63, 3.8) is 0 Å². The highest BCUT2D eigenvalue weighted by Gasteiger charge is 2.20. The average molecular weight is 537 g/mol. The molecule has 0 atom stereocenters. The second-order valence-electron chi connectivity index (χ2n) is 8.62. The summed E-state index contributed by atoms with van der Waals surface area (Å²) in [4.78, 5) is 26.2. The molecule has 39 heavy (non-hydrogen) atoms. The molecule has 2 aromatic heterocycles. The Morgan fingerprint density at radius 2 is 1.87 bits per heavy atom. The maximum Gasteiger partial charge on any atom is 0.345 e. The van der Waals surface area contributed by atoms with E-state index < -0.39 is 11.5 Å². The summed E-state index contributed by atoms with van der Waals surface area (Å²) in [6, 6.07) is 23.3. The highest BCUT2D eigenvalue weighted by atomic mass is 35.5. The summed E-state index contributed by atoms with van der Waals surface area (Å²) in [7, 11) is 1.46. The van der Waals surface area contributed by atoms with Crippen molar-refractivity contribution in [2.75, 3.05) is 12.4 Å². The zero-order valence-electron chi connectivity index (χ0n) is 20.9. The monoisotopic (exact) mass is 536 g/mol. The number of anilines is 1. The maximum absolute atomic E-state index is 13.2. The van der Waals surface area contributed by atoms with Crippen LogP contribution in [0.2, 0.25) is 5.02 Å². The number of aryl methyl sites for hydroxylation is 1. The number of fused-ring (bicyclic) bond motifs is 1. The zero-order chi connectivity index (χ0) is 27.5. The van der Waals surface area contributed by atoms with E-state index >= 15 is 0 Å². The number of aromatic nitrogens is 2. The van der Waals surface area contributed by atoms with Crippen LogP contribution in [0.4, 0.5) is 5.69 Å². The molecule has 3 aromatic carbocycles. The Bertz CT molecular complexity index is 1850. The van der Waals surface area contributed by atoms with Gasteiger partial charge in [0.1, 0.15) is 28.7 Å². The molecule has 0 radical (unpaired) electrons. The highest BCUT2D eigenvalue weighted by Crippen LogP contribution is 2.32. The van der Waals surface area contributed by atoms with Crippen molar-refractivity contribution >= 4 is 40.2 Å². The molecule has 9 heteroatoms. The predicted molar refractivity (Wildman–Crippen MR) is 150 cm³/mol. The van der Waals surface area contributed by atoms with Crippen molar-refractivity contribution in [1.82, 2.24) is 9.78 Å². The molecule has 0 aliphatic carbocycles. The Labute approximate surface area is 228 Å². The molecule has 0 bridgehead atoms. The molecule has 192 valence electrons. The third-order valence-corrected chi connectivity index (χ3v) is 6.46. The molecule has 8 nitrogen and oxygen atoms in total. The van der Waals surface area contributed by atoms with Gasteiger partial charge in [-0.1, -0.05) is 48.0 Å². The van der Waals surface area contributed by atoms with E-state index in [-0.39, 0.29) is 16.8 Å². The molecule has 0 unspecified atom stereocenters. The van der Waals surface area contributed by atoms with Crippen molar-refractivity contribution in [3.8, 4) is 28.8 Å². The van der Waals surface area contributed by atoms with E-state index in [1.54, 1.807) is 48.1 Å². The van der Waals surface area contributed by atoms with E-state index in [0.29, 0.717) is 33.0 Å². The summed E-state index contributed by atoms with van der Waals surface area (Å²) in [5.41, 5.74) is 2.30. The van der Waals surface area contributed by atoms with Gasteiger partial charge in [-0.05, 0) is 48.9 Å². The van der Waals surface area contributed by atoms with Gasteiger partial charge in [-0.3, -0.25) is 4.79 Å². The number of nitriles is 1. The predicted octanol–water partition coefficient (Wildman–Crippen LogP) is 6.16. The fourth-order valence-electron chi connectivity index (χ4n) is 4.07. The Morgan fingerprint density at radius 3 is 2.62 bits per heavy atom. The van der Waals surface area contributed by atoms with E-state index in [1.165, 1.54) is 13.2 Å². The molecule has 0 saturated heterocycles. The van der Waals surface area contributed by atoms with Crippen LogP contribution in [0.3, 0.4) is 0 Å². The number of carbonyl (C=O) groups is 1. The molecule has 0 aliphatic heterocycles. The Hall–Kier alpha value is -5.13. The van der Waals surface area contributed by atoms with Gasteiger partial charge >= 0.3 is 5.63 Å². The smallest absolute Gasteiger partial charge is 0.345 e. The van der Waals surface area contributed by atoms with Crippen LogP contribution in [-0.2, 0) is 4.79 Å². The second kappa shape index (κ2) is 10.7. The van der Waals surface area contributed by atoms with E-state index in [9.17, 15) is 14.9 Å². The van der Waals surface area contributed by atoms with E-state index in [1.807, 2.05) is 48.5 Å². The van der Waals surface area contributed by atoms with Gasteiger partial charge in [-0.15, -0.1) is 0 Å². The number of hydrogen-bond donors (Lipinski definition) is 1. The van der Waals surface area contributed by atoms with Gasteiger partial charge in [0.15, 0.2) is 0 Å². The minimum atomic E-state index is -0.665. The molecule has 1 amide bonds. The van der Waals surface area contributed by atoms with Gasteiger partial charge in [0.2, 0.25) is 0 Å². The number of nitrogens with zero attached hydrogens (tertiary/aromatic N) is 3. The van der Waals surface area contributed by atoms with Crippen molar-refractivity contribution < 1.29 is 13.9 Å². The van der Waals surface area contributed by atoms with E-state index in [2.05, 4.69) is 10.4 Å².